The molecule has 0 aliphatic heterocycles. The third-order valence-electron chi connectivity index (χ3n) is 2.89. The van der Waals surface area contributed by atoms with Crippen molar-refractivity contribution in [2.75, 3.05) is 5.32 Å². The van der Waals surface area contributed by atoms with Crippen molar-refractivity contribution in [2.45, 2.75) is 65.6 Å². The zero-order chi connectivity index (χ0) is 20.1. The van der Waals surface area contributed by atoms with Gasteiger partial charge in [-0.25, -0.2) is 4.79 Å². The van der Waals surface area contributed by atoms with Gasteiger partial charge in [0.05, 0.1) is 12.1 Å². The van der Waals surface area contributed by atoms with E-state index in [1.165, 1.54) is 0 Å². The van der Waals surface area contributed by atoms with Gasteiger partial charge in [-0.2, -0.15) is 0 Å². The molecule has 0 aliphatic rings. The van der Waals surface area contributed by atoms with Crippen molar-refractivity contribution in [3.8, 4) is 0 Å². The highest BCUT2D eigenvalue weighted by Gasteiger charge is 2.21. The van der Waals surface area contributed by atoms with Crippen LogP contribution < -0.4 is 5.32 Å². The fraction of sp³-hybridized carbons (Fsp3) is 0.526. The van der Waals surface area contributed by atoms with E-state index in [1.807, 2.05) is 0 Å². The van der Waals surface area contributed by atoms with Crippen LogP contribution in [-0.2, 0) is 14.3 Å². The maximum Gasteiger partial charge on any atom is 0.412 e. The summed E-state index contributed by atoms with van der Waals surface area (Å²) in [6.07, 6.45) is -0.661. The molecule has 1 rings (SSSR count). The van der Waals surface area contributed by atoms with E-state index in [4.69, 9.17) is 9.47 Å². The number of anilines is 1. The minimum absolute atomic E-state index is 0.00198. The summed E-state index contributed by atoms with van der Waals surface area (Å²) in [5, 5.41) is 2.60. The minimum atomic E-state index is -0.645. The molecule has 26 heavy (non-hydrogen) atoms. The van der Waals surface area contributed by atoms with Gasteiger partial charge in [0.25, 0.3) is 0 Å². The largest absolute Gasteiger partial charge is 0.460 e. The standard InChI is InChI=1S/C19H26INO5/c1-18(2,3)25-16(23)10-9-15(22)13-11-12(20)7-8-14(13)21-17(24)26-19(4,5)6/h7-8,11H,9-10H2,1-6H3,(H,21,24). The Morgan fingerprint density at radius 3 is 2.08 bits per heavy atom. The van der Waals surface area contributed by atoms with Crippen molar-refractivity contribution in [1.29, 1.82) is 0 Å². The van der Waals surface area contributed by atoms with E-state index in [0.717, 1.165) is 3.57 Å². The van der Waals surface area contributed by atoms with E-state index >= 15 is 0 Å². The Bertz CT molecular complexity index is 686. The van der Waals surface area contributed by atoms with Crippen molar-refractivity contribution in [1.82, 2.24) is 0 Å². The molecule has 144 valence electrons. The molecule has 0 radical (unpaired) electrons. The Morgan fingerprint density at radius 1 is 0.962 bits per heavy atom. The van der Waals surface area contributed by atoms with Crippen LogP contribution in [0.2, 0.25) is 0 Å². The molecule has 1 N–H and O–H groups in total. The first-order valence-corrected chi connectivity index (χ1v) is 9.39. The SMILES string of the molecule is CC(C)(C)OC(=O)CCC(=O)c1cc(I)ccc1NC(=O)OC(C)(C)C. The molecule has 0 atom stereocenters. The topological polar surface area (TPSA) is 81.7 Å². The maximum atomic E-state index is 12.6. The van der Waals surface area contributed by atoms with E-state index in [1.54, 1.807) is 59.7 Å². The van der Waals surface area contributed by atoms with Gasteiger partial charge in [0, 0.05) is 15.6 Å². The average molecular weight is 475 g/mol. The maximum absolute atomic E-state index is 12.6. The van der Waals surface area contributed by atoms with Gasteiger partial charge in [-0.15, -0.1) is 0 Å². The van der Waals surface area contributed by atoms with Gasteiger partial charge in [0.2, 0.25) is 0 Å². The zero-order valence-corrected chi connectivity index (χ0v) is 18.2. The number of esters is 1. The normalized spacial score (nSPS) is 11.7. The number of hydrogen-bond acceptors (Lipinski definition) is 5. The quantitative estimate of drug-likeness (QED) is 0.371. The van der Waals surface area contributed by atoms with Gasteiger partial charge < -0.3 is 9.47 Å². The third kappa shape index (κ3) is 8.64. The molecule has 1 aromatic rings. The molecule has 0 heterocycles. The lowest BCUT2D eigenvalue weighted by Gasteiger charge is -2.20. The van der Waals surface area contributed by atoms with Gasteiger partial charge in [0.1, 0.15) is 11.2 Å². The molecule has 1 aromatic carbocycles. The van der Waals surface area contributed by atoms with Gasteiger partial charge in [-0.1, -0.05) is 0 Å². The Labute approximate surface area is 168 Å². The van der Waals surface area contributed by atoms with Crippen LogP contribution in [0.3, 0.4) is 0 Å². The van der Waals surface area contributed by atoms with Crippen molar-refractivity contribution >= 4 is 46.1 Å². The van der Waals surface area contributed by atoms with Gasteiger partial charge in [0.15, 0.2) is 5.78 Å². The van der Waals surface area contributed by atoms with Gasteiger partial charge in [-0.05, 0) is 82.3 Å². The smallest absolute Gasteiger partial charge is 0.412 e. The number of carbonyl (C=O) groups is 3. The van der Waals surface area contributed by atoms with Crippen molar-refractivity contribution in [2.24, 2.45) is 0 Å². The molecule has 1 amide bonds. The number of benzene rings is 1. The van der Waals surface area contributed by atoms with Crippen LogP contribution in [0, 0.1) is 3.57 Å². The molecule has 0 saturated heterocycles. The van der Waals surface area contributed by atoms with Crippen LogP contribution in [-0.4, -0.2) is 29.0 Å². The lowest BCUT2D eigenvalue weighted by atomic mass is 10.0. The summed E-state index contributed by atoms with van der Waals surface area (Å²) in [6.45, 7) is 10.6. The number of ketones is 1. The monoisotopic (exact) mass is 475 g/mol. The second kappa shape index (κ2) is 8.83. The third-order valence-corrected chi connectivity index (χ3v) is 3.56. The Balaban J connectivity index is 2.84. The number of amides is 1. The molecule has 0 saturated carbocycles. The highest BCUT2D eigenvalue weighted by Crippen LogP contribution is 2.22. The number of ether oxygens (including phenoxy) is 2. The first kappa shape index (κ1) is 22.4. The van der Waals surface area contributed by atoms with Crippen molar-refractivity contribution < 1.29 is 23.9 Å². The van der Waals surface area contributed by atoms with Gasteiger partial charge in [-0.3, -0.25) is 14.9 Å². The number of rotatable bonds is 5. The first-order chi connectivity index (χ1) is 11.8. The van der Waals surface area contributed by atoms with E-state index in [-0.39, 0.29) is 18.6 Å². The highest BCUT2D eigenvalue weighted by atomic mass is 127. The molecule has 0 bridgehead atoms. The van der Waals surface area contributed by atoms with Crippen LogP contribution in [0.4, 0.5) is 10.5 Å². The van der Waals surface area contributed by atoms with Crippen LogP contribution in [0.15, 0.2) is 18.2 Å². The second-order valence-corrected chi connectivity index (χ2v) is 9.07. The fourth-order valence-electron chi connectivity index (χ4n) is 2.01. The Kier molecular flexibility index (Phi) is 7.61. The summed E-state index contributed by atoms with van der Waals surface area (Å²) in [6, 6.07) is 5.09. The number of hydrogen-bond donors (Lipinski definition) is 1. The van der Waals surface area contributed by atoms with Crippen LogP contribution in [0.1, 0.15) is 64.7 Å². The predicted molar refractivity (Wildman–Crippen MR) is 108 cm³/mol. The molecular weight excluding hydrogens is 449 g/mol. The number of carbonyl (C=O) groups excluding carboxylic acids is 3. The van der Waals surface area contributed by atoms with Crippen molar-refractivity contribution in [3.63, 3.8) is 0 Å². The van der Waals surface area contributed by atoms with Crippen LogP contribution >= 0.6 is 22.6 Å². The van der Waals surface area contributed by atoms with Gasteiger partial charge >= 0.3 is 12.1 Å². The fourth-order valence-corrected chi connectivity index (χ4v) is 2.50. The summed E-state index contributed by atoms with van der Waals surface area (Å²) in [5.74, 6) is -0.682. The van der Waals surface area contributed by atoms with E-state index in [9.17, 15) is 14.4 Å². The summed E-state index contributed by atoms with van der Waals surface area (Å²) < 4.78 is 11.3. The molecule has 7 heteroatoms. The first-order valence-electron chi connectivity index (χ1n) is 8.31. The molecule has 0 fully saturated rings. The molecule has 0 spiro atoms. The number of Topliss-reactive ketones (excluding diaryl/α,β-unsaturated/α-hetero) is 1. The summed E-state index contributed by atoms with van der Waals surface area (Å²) in [7, 11) is 0. The summed E-state index contributed by atoms with van der Waals surface area (Å²) >= 11 is 2.08. The zero-order valence-electron chi connectivity index (χ0n) is 16.1. The second-order valence-electron chi connectivity index (χ2n) is 7.83. The van der Waals surface area contributed by atoms with E-state index in [2.05, 4.69) is 27.9 Å². The lowest BCUT2D eigenvalue weighted by Crippen LogP contribution is -2.28. The molecular formula is C19H26INO5. The Morgan fingerprint density at radius 2 is 1.54 bits per heavy atom. The van der Waals surface area contributed by atoms with Crippen LogP contribution in [0.25, 0.3) is 0 Å². The predicted octanol–water partition coefficient (Wildman–Crippen LogP) is 4.94. The molecule has 6 nitrogen and oxygen atoms in total. The highest BCUT2D eigenvalue weighted by molar-refractivity contribution is 14.1. The molecule has 0 unspecified atom stereocenters. The molecule has 0 aromatic heterocycles. The summed E-state index contributed by atoms with van der Waals surface area (Å²) in [5.41, 5.74) is -0.542. The van der Waals surface area contributed by atoms with E-state index in [0.29, 0.717) is 11.3 Å². The minimum Gasteiger partial charge on any atom is -0.460 e. The number of halogens is 1. The van der Waals surface area contributed by atoms with Crippen molar-refractivity contribution in [3.05, 3.63) is 27.3 Å². The van der Waals surface area contributed by atoms with E-state index < -0.39 is 23.3 Å². The lowest BCUT2D eigenvalue weighted by molar-refractivity contribution is -0.154. The summed E-state index contributed by atoms with van der Waals surface area (Å²) in [4.78, 5) is 36.4. The number of nitrogens with one attached hydrogen (secondary N) is 1. The average Bonchev–Trinajstić information content (AvgIpc) is 2.42. The van der Waals surface area contributed by atoms with Crippen LogP contribution in [0.5, 0.6) is 0 Å². The Hall–Kier alpha value is -1.64. The molecule has 0 aliphatic carbocycles.